The predicted molar refractivity (Wildman–Crippen MR) is 129 cm³/mol. The zero-order chi connectivity index (χ0) is 19.6. The lowest BCUT2D eigenvalue weighted by Gasteiger charge is -2.28. The van der Waals surface area contributed by atoms with Gasteiger partial charge in [0.15, 0.2) is 0 Å². The molecule has 3 atom stereocenters. The molecule has 0 N–H and O–H groups in total. The molecule has 1 heterocycles. The maximum atomic E-state index is 5.32. The molecule has 0 bridgehead atoms. The predicted octanol–water partition coefficient (Wildman–Crippen LogP) is 3.33. The number of nitrogens with zero attached hydrogens (tertiary/aromatic N) is 4. The first kappa shape index (κ1) is 23.9. The average Bonchev–Trinajstić information content (AvgIpc) is 2.65. The largest absolute Gasteiger partial charge is 0.497 e. The molecule has 5 nitrogen and oxygen atoms in total. The Kier molecular flexibility index (Phi) is 11.5. The van der Waals surface area contributed by atoms with Gasteiger partial charge in [-0.25, -0.2) is 0 Å². The van der Waals surface area contributed by atoms with Gasteiger partial charge in [-0.1, -0.05) is 50.2 Å². The SMILES string of the molecule is COc1ccc(CN2CCCN(P)CCN(P)CCCN(P)CC2)c(Br)c1. The lowest BCUT2D eigenvalue weighted by molar-refractivity contribution is 0.230. The van der Waals surface area contributed by atoms with Crippen LogP contribution in [0.25, 0.3) is 0 Å². The van der Waals surface area contributed by atoms with E-state index in [0.717, 1.165) is 69.1 Å². The standard InChI is InChI=1S/C18H34BrN4OP3/c1-24-17-5-4-16(18(19)14-17)15-20-6-2-7-22(26)12-13-23(27)9-3-8-21(25)11-10-20/h4-5,14H,2-3,6-13,15,25-27H2,1H3. The lowest BCUT2D eigenvalue weighted by atomic mass is 10.2. The number of hydrogen-bond acceptors (Lipinski definition) is 5. The van der Waals surface area contributed by atoms with Crippen molar-refractivity contribution in [1.82, 2.24) is 18.9 Å². The molecule has 0 saturated carbocycles. The number of halogens is 1. The highest BCUT2D eigenvalue weighted by Crippen LogP contribution is 2.24. The molecule has 154 valence electrons. The molecule has 1 aliphatic heterocycles. The van der Waals surface area contributed by atoms with Crippen molar-refractivity contribution in [3.8, 4) is 5.75 Å². The van der Waals surface area contributed by atoms with Gasteiger partial charge in [-0.3, -0.25) is 18.9 Å². The minimum absolute atomic E-state index is 0.893. The molecule has 1 aromatic rings. The summed E-state index contributed by atoms with van der Waals surface area (Å²) in [4.78, 5) is 2.57. The van der Waals surface area contributed by atoms with Crippen molar-refractivity contribution >= 4 is 44.1 Å². The van der Waals surface area contributed by atoms with Gasteiger partial charge in [0.2, 0.25) is 0 Å². The molecule has 1 aromatic carbocycles. The number of hydrogen-bond donors (Lipinski definition) is 0. The van der Waals surface area contributed by atoms with Gasteiger partial charge in [0.25, 0.3) is 0 Å². The molecule has 27 heavy (non-hydrogen) atoms. The molecule has 1 fully saturated rings. The third-order valence-electron chi connectivity index (χ3n) is 4.84. The van der Waals surface area contributed by atoms with Crippen LogP contribution in [0.4, 0.5) is 0 Å². The van der Waals surface area contributed by atoms with E-state index in [9.17, 15) is 0 Å². The Balaban J connectivity index is 1.98. The second kappa shape index (κ2) is 13.0. The zero-order valence-electron chi connectivity index (χ0n) is 16.3. The van der Waals surface area contributed by atoms with Crippen molar-refractivity contribution in [2.75, 3.05) is 59.5 Å². The van der Waals surface area contributed by atoms with Gasteiger partial charge in [0.1, 0.15) is 5.75 Å². The first-order valence-electron chi connectivity index (χ1n) is 9.51. The summed E-state index contributed by atoms with van der Waals surface area (Å²) in [5, 5.41) is 0. The van der Waals surface area contributed by atoms with Crippen molar-refractivity contribution in [2.24, 2.45) is 0 Å². The van der Waals surface area contributed by atoms with Crippen LogP contribution in [0.3, 0.4) is 0 Å². The highest BCUT2D eigenvalue weighted by atomic mass is 79.9. The molecule has 1 saturated heterocycles. The van der Waals surface area contributed by atoms with Crippen LogP contribution in [-0.4, -0.2) is 78.4 Å². The highest BCUT2D eigenvalue weighted by Gasteiger charge is 2.12. The van der Waals surface area contributed by atoms with Crippen molar-refractivity contribution < 1.29 is 4.74 Å². The summed E-state index contributed by atoms with van der Waals surface area (Å²) in [5.41, 5.74) is 1.31. The Morgan fingerprint density at radius 1 is 0.852 bits per heavy atom. The molecule has 0 radical (unpaired) electrons. The Labute approximate surface area is 180 Å². The minimum Gasteiger partial charge on any atom is -0.497 e. The van der Waals surface area contributed by atoms with E-state index >= 15 is 0 Å². The molecule has 9 heteroatoms. The summed E-state index contributed by atoms with van der Waals surface area (Å²) in [6, 6.07) is 6.27. The third kappa shape index (κ3) is 9.32. The van der Waals surface area contributed by atoms with E-state index in [4.69, 9.17) is 4.74 Å². The van der Waals surface area contributed by atoms with Crippen LogP contribution in [0, 0.1) is 0 Å². The minimum atomic E-state index is 0.893. The second-order valence-electron chi connectivity index (χ2n) is 7.05. The highest BCUT2D eigenvalue weighted by molar-refractivity contribution is 9.10. The topological polar surface area (TPSA) is 22.2 Å². The van der Waals surface area contributed by atoms with Gasteiger partial charge < -0.3 is 4.74 Å². The summed E-state index contributed by atoms with van der Waals surface area (Å²) in [7, 11) is 10.4. The summed E-state index contributed by atoms with van der Waals surface area (Å²) < 4.78 is 13.5. The van der Waals surface area contributed by atoms with E-state index in [1.807, 2.05) is 6.07 Å². The first-order valence-corrected chi connectivity index (χ1v) is 11.9. The number of ether oxygens (including phenoxy) is 1. The zero-order valence-corrected chi connectivity index (χ0v) is 21.4. The first-order chi connectivity index (χ1) is 13.0. The summed E-state index contributed by atoms with van der Waals surface area (Å²) in [6.45, 7) is 9.72. The molecular formula is C18H34BrN4OP3. The monoisotopic (exact) mass is 494 g/mol. The molecule has 2 rings (SSSR count). The van der Waals surface area contributed by atoms with Crippen LogP contribution < -0.4 is 4.74 Å². The average molecular weight is 495 g/mol. The Morgan fingerprint density at radius 3 is 1.96 bits per heavy atom. The Hall–Kier alpha value is 0.630. The second-order valence-corrected chi connectivity index (χ2v) is 10.1. The van der Waals surface area contributed by atoms with Crippen LogP contribution in [-0.2, 0) is 6.54 Å². The van der Waals surface area contributed by atoms with E-state index in [0.29, 0.717) is 0 Å². The van der Waals surface area contributed by atoms with Crippen molar-refractivity contribution in [1.29, 1.82) is 0 Å². The molecular weight excluding hydrogens is 461 g/mol. The van der Waals surface area contributed by atoms with E-state index in [1.54, 1.807) is 7.11 Å². The normalized spacial score (nSPS) is 21.1. The third-order valence-corrected chi connectivity index (χ3v) is 7.13. The molecule has 0 aliphatic carbocycles. The summed E-state index contributed by atoms with van der Waals surface area (Å²) in [5.74, 6) is 0.893. The smallest absolute Gasteiger partial charge is 0.120 e. The van der Waals surface area contributed by atoms with Gasteiger partial charge in [0, 0.05) is 56.8 Å². The van der Waals surface area contributed by atoms with Crippen LogP contribution >= 0.6 is 44.1 Å². The molecule has 0 spiro atoms. The lowest BCUT2D eigenvalue weighted by Crippen LogP contribution is -2.35. The molecule has 0 aromatic heterocycles. The van der Waals surface area contributed by atoms with Gasteiger partial charge in [-0.2, -0.15) is 0 Å². The van der Waals surface area contributed by atoms with Gasteiger partial charge in [0.05, 0.1) is 7.11 Å². The van der Waals surface area contributed by atoms with Gasteiger partial charge in [-0.15, -0.1) is 0 Å². The Bertz CT molecular complexity index is 569. The maximum Gasteiger partial charge on any atom is 0.120 e. The fourth-order valence-corrected chi connectivity index (χ4v) is 4.51. The van der Waals surface area contributed by atoms with Crippen molar-refractivity contribution in [3.63, 3.8) is 0 Å². The van der Waals surface area contributed by atoms with Crippen molar-refractivity contribution in [3.05, 3.63) is 28.2 Å². The van der Waals surface area contributed by atoms with E-state index in [-0.39, 0.29) is 0 Å². The van der Waals surface area contributed by atoms with E-state index in [1.165, 1.54) is 18.4 Å². The van der Waals surface area contributed by atoms with Crippen LogP contribution in [0.15, 0.2) is 22.7 Å². The molecule has 1 aliphatic rings. The number of methoxy groups -OCH3 is 1. The van der Waals surface area contributed by atoms with Crippen LogP contribution in [0.2, 0.25) is 0 Å². The quantitative estimate of drug-likeness (QED) is 0.599. The Morgan fingerprint density at radius 2 is 1.41 bits per heavy atom. The van der Waals surface area contributed by atoms with Crippen LogP contribution in [0.1, 0.15) is 18.4 Å². The van der Waals surface area contributed by atoms with Gasteiger partial charge >= 0.3 is 0 Å². The fraction of sp³-hybridized carbons (Fsp3) is 0.667. The van der Waals surface area contributed by atoms with E-state index < -0.39 is 0 Å². The summed E-state index contributed by atoms with van der Waals surface area (Å²) in [6.07, 6.45) is 2.36. The van der Waals surface area contributed by atoms with Crippen LogP contribution in [0.5, 0.6) is 5.75 Å². The molecule has 0 amide bonds. The molecule has 3 unspecified atom stereocenters. The number of rotatable bonds is 3. The maximum absolute atomic E-state index is 5.32. The van der Waals surface area contributed by atoms with Crippen molar-refractivity contribution in [2.45, 2.75) is 19.4 Å². The fourth-order valence-electron chi connectivity index (χ4n) is 3.13. The van der Waals surface area contributed by atoms with E-state index in [2.05, 4.69) is 75.1 Å². The van der Waals surface area contributed by atoms with Gasteiger partial charge in [-0.05, 0) is 37.1 Å². The summed E-state index contributed by atoms with van der Waals surface area (Å²) >= 11 is 3.71. The number of benzene rings is 1.